The van der Waals surface area contributed by atoms with Crippen molar-refractivity contribution in [2.45, 2.75) is 32.0 Å². The lowest BCUT2D eigenvalue weighted by molar-refractivity contribution is -0.525. The first kappa shape index (κ1) is 34.7. The Morgan fingerprint density at radius 2 is 1.81 bits per heavy atom. The van der Waals surface area contributed by atoms with Gasteiger partial charge in [-0.25, -0.2) is 19.8 Å². The van der Waals surface area contributed by atoms with Gasteiger partial charge in [0.15, 0.2) is 10.7 Å². The number of amides is 1. The van der Waals surface area contributed by atoms with E-state index in [4.69, 9.17) is 28.3 Å². The molecule has 48 heavy (non-hydrogen) atoms. The molecule has 0 aliphatic carbocycles. The molecule has 1 saturated heterocycles. The average Bonchev–Trinajstić information content (AvgIpc) is 3.67. The monoisotopic (exact) mass is 718 g/mol. The molecule has 1 fully saturated rings. The smallest absolute Gasteiger partial charge is 0.348 e. The zero-order valence-corrected chi connectivity index (χ0v) is 27.5. The fourth-order valence-electron chi connectivity index (χ4n) is 4.92. The molecule has 4 aromatic rings. The Bertz CT molecular complexity index is 1910. The first-order chi connectivity index (χ1) is 22.9. The number of carbonyl (C=O) groups is 1. The highest BCUT2D eigenvalue weighted by Crippen LogP contribution is 2.37. The summed E-state index contributed by atoms with van der Waals surface area (Å²) in [5, 5.41) is 20.4. The lowest BCUT2D eigenvalue weighted by atomic mass is 10.1. The summed E-state index contributed by atoms with van der Waals surface area (Å²) in [5.41, 5.74) is 5.81. The number of guanidine groups is 1. The minimum absolute atomic E-state index is 0.0384. The van der Waals surface area contributed by atoms with E-state index in [1.54, 1.807) is 24.3 Å². The minimum Gasteiger partial charge on any atom is -0.348 e. The molecule has 0 spiro atoms. The minimum atomic E-state index is -4.45. The number of nitrogens with zero attached hydrogens (tertiary/aromatic N) is 5. The molecule has 0 bridgehead atoms. The third-order valence-electron chi connectivity index (χ3n) is 7.19. The molecule has 2 aromatic carbocycles. The van der Waals surface area contributed by atoms with Crippen LogP contribution in [-0.4, -0.2) is 51.8 Å². The maximum absolute atomic E-state index is 13.8. The Morgan fingerprint density at radius 1 is 1.08 bits per heavy atom. The SMILES string of the molecule is CN=C(NCc1c(C(=O)NN2CCCCC2)nn(-c2ccc(Cl)cc2Cl)c1-c1ccc(C#Cc2ccc(C(F)(F)F)cc2)s1)N[N+](=O)[O-]. The van der Waals surface area contributed by atoms with Crippen LogP contribution in [0, 0.1) is 22.0 Å². The molecule has 0 atom stereocenters. The quantitative estimate of drug-likeness (QED) is 0.0671. The van der Waals surface area contributed by atoms with Crippen molar-refractivity contribution >= 4 is 46.4 Å². The number of nitro groups is 1. The molecular weight excluding hydrogens is 692 g/mol. The van der Waals surface area contributed by atoms with Crippen molar-refractivity contribution in [1.82, 2.24) is 31.0 Å². The van der Waals surface area contributed by atoms with Crippen LogP contribution < -0.4 is 16.2 Å². The van der Waals surface area contributed by atoms with Crippen LogP contribution in [0.15, 0.2) is 59.6 Å². The van der Waals surface area contributed by atoms with E-state index in [1.807, 2.05) is 10.4 Å². The topological polar surface area (TPSA) is 130 Å². The zero-order chi connectivity index (χ0) is 34.4. The van der Waals surface area contributed by atoms with Crippen LogP contribution in [0.25, 0.3) is 16.3 Å². The van der Waals surface area contributed by atoms with Crippen LogP contribution in [0.5, 0.6) is 0 Å². The molecule has 1 aliphatic rings. The van der Waals surface area contributed by atoms with Crippen molar-refractivity contribution < 1.29 is 23.0 Å². The molecule has 2 aromatic heterocycles. The van der Waals surface area contributed by atoms with Crippen molar-refractivity contribution in [2.75, 3.05) is 20.1 Å². The molecule has 250 valence electrons. The molecule has 3 N–H and O–H groups in total. The van der Waals surface area contributed by atoms with Gasteiger partial charge in [0, 0.05) is 42.8 Å². The van der Waals surface area contributed by atoms with E-state index in [2.05, 4.69) is 27.6 Å². The second-order valence-corrected chi connectivity index (χ2v) is 12.4. The van der Waals surface area contributed by atoms with E-state index >= 15 is 0 Å². The fraction of sp³-hybridized carbons (Fsp3) is 0.258. The normalized spacial score (nSPS) is 13.8. The van der Waals surface area contributed by atoms with Crippen molar-refractivity contribution in [2.24, 2.45) is 4.99 Å². The van der Waals surface area contributed by atoms with Gasteiger partial charge in [-0.2, -0.15) is 18.3 Å². The van der Waals surface area contributed by atoms with Crippen LogP contribution >= 0.6 is 34.5 Å². The van der Waals surface area contributed by atoms with Crippen LogP contribution in [0.1, 0.15) is 51.3 Å². The molecule has 1 aliphatic heterocycles. The van der Waals surface area contributed by atoms with Gasteiger partial charge in [-0.05, 0) is 67.4 Å². The maximum atomic E-state index is 13.8. The van der Waals surface area contributed by atoms with E-state index < -0.39 is 22.7 Å². The largest absolute Gasteiger partial charge is 0.416 e. The van der Waals surface area contributed by atoms with Gasteiger partial charge in [0.25, 0.3) is 11.9 Å². The number of halogens is 5. The first-order valence-electron chi connectivity index (χ1n) is 14.5. The number of piperidine rings is 1. The van der Waals surface area contributed by atoms with Crippen LogP contribution in [0.4, 0.5) is 13.2 Å². The summed E-state index contributed by atoms with van der Waals surface area (Å²) < 4.78 is 40.5. The highest BCUT2D eigenvalue weighted by Gasteiger charge is 2.30. The predicted molar refractivity (Wildman–Crippen MR) is 178 cm³/mol. The predicted octanol–water partition coefficient (Wildman–Crippen LogP) is 6.31. The Balaban J connectivity index is 1.60. The van der Waals surface area contributed by atoms with E-state index in [0.29, 0.717) is 50.4 Å². The molecular formula is C31H27Cl2F3N8O3S. The summed E-state index contributed by atoms with van der Waals surface area (Å²) in [6, 6.07) is 12.8. The van der Waals surface area contributed by atoms with Gasteiger partial charge >= 0.3 is 6.18 Å². The molecule has 17 heteroatoms. The zero-order valence-electron chi connectivity index (χ0n) is 25.2. The summed E-state index contributed by atoms with van der Waals surface area (Å²) in [4.78, 5) is 30.0. The van der Waals surface area contributed by atoms with Gasteiger partial charge in [0.05, 0.1) is 31.7 Å². The molecule has 3 heterocycles. The fourth-order valence-corrected chi connectivity index (χ4v) is 6.32. The molecule has 1 amide bonds. The van der Waals surface area contributed by atoms with Crippen LogP contribution in [-0.2, 0) is 12.7 Å². The van der Waals surface area contributed by atoms with Crippen molar-refractivity contribution in [1.29, 1.82) is 0 Å². The van der Waals surface area contributed by atoms with Crippen molar-refractivity contribution in [3.8, 4) is 28.1 Å². The number of carbonyl (C=O) groups excluding carboxylic acids is 1. The summed E-state index contributed by atoms with van der Waals surface area (Å²) in [7, 11) is 1.36. The van der Waals surface area contributed by atoms with Crippen LogP contribution in [0.2, 0.25) is 10.0 Å². The van der Waals surface area contributed by atoms with Crippen LogP contribution in [0.3, 0.4) is 0 Å². The number of hydrogen-bond acceptors (Lipinski definition) is 7. The molecule has 0 unspecified atom stereocenters. The van der Waals surface area contributed by atoms with Gasteiger partial charge in [-0.1, -0.05) is 46.9 Å². The average molecular weight is 720 g/mol. The van der Waals surface area contributed by atoms with Gasteiger partial charge in [-0.3, -0.25) is 15.2 Å². The third-order valence-corrected chi connectivity index (χ3v) is 8.73. The highest BCUT2D eigenvalue weighted by atomic mass is 35.5. The summed E-state index contributed by atoms with van der Waals surface area (Å²) in [6.07, 6.45) is -1.56. The number of aliphatic imine (C=N–C) groups is 1. The Kier molecular flexibility index (Phi) is 10.9. The van der Waals surface area contributed by atoms with E-state index in [1.165, 1.54) is 41.3 Å². The Labute approximate surface area is 286 Å². The third kappa shape index (κ3) is 8.45. The summed E-state index contributed by atoms with van der Waals surface area (Å²) in [5.74, 6) is 5.22. The van der Waals surface area contributed by atoms with Crippen molar-refractivity contribution in [3.05, 3.63) is 102 Å². The second-order valence-electron chi connectivity index (χ2n) is 10.5. The summed E-state index contributed by atoms with van der Waals surface area (Å²) >= 11 is 14.1. The number of alkyl halides is 3. The number of thiophene rings is 1. The summed E-state index contributed by atoms with van der Waals surface area (Å²) in [6.45, 7) is 1.23. The molecule has 0 saturated carbocycles. The number of benzene rings is 2. The van der Waals surface area contributed by atoms with Gasteiger partial charge < -0.3 is 5.32 Å². The number of hydrogen-bond donors (Lipinski definition) is 3. The van der Waals surface area contributed by atoms with Gasteiger partial charge in [-0.15, -0.1) is 11.3 Å². The maximum Gasteiger partial charge on any atom is 0.416 e. The van der Waals surface area contributed by atoms with E-state index in [9.17, 15) is 28.1 Å². The number of rotatable bonds is 7. The molecule has 5 rings (SSSR count). The lowest BCUT2D eigenvalue weighted by Crippen LogP contribution is -2.45. The number of hydrazine groups is 2. The molecule has 0 radical (unpaired) electrons. The Hall–Kier alpha value is -4.62. The number of nitrogens with one attached hydrogen (secondary N) is 3. The van der Waals surface area contributed by atoms with Crippen molar-refractivity contribution in [3.63, 3.8) is 0 Å². The van der Waals surface area contributed by atoms with E-state index in [0.717, 1.165) is 31.4 Å². The first-order valence-corrected chi connectivity index (χ1v) is 16.0. The lowest BCUT2D eigenvalue weighted by Gasteiger charge is -2.26. The second kappa shape index (κ2) is 15.1. The highest BCUT2D eigenvalue weighted by molar-refractivity contribution is 7.16. The van der Waals surface area contributed by atoms with Gasteiger partial charge in [0.1, 0.15) is 0 Å². The molecule has 11 nitrogen and oxygen atoms in total. The van der Waals surface area contributed by atoms with Gasteiger partial charge in [0.2, 0.25) is 0 Å². The number of aromatic nitrogens is 2. The van der Waals surface area contributed by atoms with E-state index in [-0.39, 0.29) is 23.2 Å². The Morgan fingerprint density at radius 3 is 2.46 bits per heavy atom. The standard InChI is InChI=1S/C31H27Cl2F3N8O3S/c1-37-30(41-44(46)47)38-18-23-27(29(45)40-42-15-3-2-4-16-42)39-43(25-13-10-21(32)17-24(25)33)28(23)26-14-12-22(48-26)11-7-19-5-8-20(9-6-19)31(34,35)36/h5-6,8-10,12-14,17H,2-4,15-16,18H2,1H3,(H,40,45)(H2,37,38,41).